The van der Waals surface area contributed by atoms with Crippen LogP contribution in [0.1, 0.15) is 11.6 Å². The number of aliphatic imine (C=N–C) groups is 1. The molecule has 0 aliphatic carbocycles. The number of hydrogen-bond donors (Lipinski definition) is 1. The van der Waals surface area contributed by atoms with Crippen LogP contribution in [0.3, 0.4) is 0 Å². The van der Waals surface area contributed by atoms with Crippen molar-refractivity contribution in [1.82, 2.24) is 5.32 Å². The van der Waals surface area contributed by atoms with E-state index in [1.807, 2.05) is 16.8 Å². The third-order valence-corrected chi connectivity index (χ3v) is 5.19. The first-order valence-corrected chi connectivity index (χ1v) is 9.13. The highest BCUT2D eigenvalue weighted by atomic mass is 35.5. The standard InChI is InChI=1S/C18H15Cl2N3OS/c1-3-11(2)9-21-17-16(12-6-7-25-10-12)23(18(24)22-17)13-4-5-14(19)15(20)8-13/h3-8,10,16H,1-2,9H2,(H,21,22,24). The second-order valence-electron chi connectivity index (χ2n) is 5.42. The molecule has 1 unspecified atom stereocenters. The number of nitrogens with one attached hydrogen (secondary N) is 1. The molecule has 2 heterocycles. The van der Waals surface area contributed by atoms with E-state index in [9.17, 15) is 4.79 Å². The summed E-state index contributed by atoms with van der Waals surface area (Å²) in [5, 5.41) is 7.63. The van der Waals surface area contributed by atoms with Crippen molar-refractivity contribution >= 4 is 52.1 Å². The van der Waals surface area contributed by atoms with Crippen molar-refractivity contribution in [1.29, 1.82) is 0 Å². The first-order valence-electron chi connectivity index (χ1n) is 7.43. The Kier molecular flexibility index (Phi) is 5.27. The second-order valence-corrected chi connectivity index (χ2v) is 7.02. The molecule has 2 amide bonds. The maximum atomic E-state index is 12.6. The number of benzene rings is 1. The van der Waals surface area contributed by atoms with Gasteiger partial charge in [0.05, 0.1) is 16.6 Å². The van der Waals surface area contributed by atoms with Crippen molar-refractivity contribution in [2.24, 2.45) is 4.99 Å². The van der Waals surface area contributed by atoms with Crippen LogP contribution in [0.2, 0.25) is 10.0 Å². The molecule has 1 N–H and O–H groups in total. The van der Waals surface area contributed by atoms with Gasteiger partial charge in [0.15, 0.2) is 0 Å². The van der Waals surface area contributed by atoms with E-state index in [1.165, 1.54) is 0 Å². The average molecular weight is 392 g/mol. The van der Waals surface area contributed by atoms with Crippen molar-refractivity contribution in [2.45, 2.75) is 6.04 Å². The molecule has 1 aliphatic rings. The number of urea groups is 1. The molecular formula is C18H15Cl2N3OS. The van der Waals surface area contributed by atoms with Crippen LogP contribution < -0.4 is 10.2 Å². The lowest BCUT2D eigenvalue weighted by Crippen LogP contribution is -2.29. The minimum Gasteiger partial charge on any atom is -0.294 e. The van der Waals surface area contributed by atoms with Gasteiger partial charge in [-0.2, -0.15) is 11.3 Å². The van der Waals surface area contributed by atoms with Crippen LogP contribution in [-0.2, 0) is 0 Å². The molecule has 3 rings (SSSR count). The number of halogens is 2. The summed E-state index contributed by atoms with van der Waals surface area (Å²) in [4.78, 5) is 18.8. The Hall–Kier alpha value is -2.08. The van der Waals surface area contributed by atoms with E-state index in [0.29, 0.717) is 28.1 Å². The summed E-state index contributed by atoms with van der Waals surface area (Å²) >= 11 is 13.7. The average Bonchev–Trinajstić information content (AvgIpc) is 3.22. The number of carbonyl (C=O) groups excluding carboxylic acids is 1. The highest BCUT2D eigenvalue weighted by Crippen LogP contribution is 2.36. The van der Waals surface area contributed by atoms with Gasteiger partial charge < -0.3 is 0 Å². The summed E-state index contributed by atoms with van der Waals surface area (Å²) < 4.78 is 0. The van der Waals surface area contributed by atoms with Crippen LogP contribution in [0.5, 0.6) is 0 Å². The van der Waals surface area contributed by atoms with Gasteiger partial charge in [-0.05, 0) is 46.2 Å². The summed E-state index contributed by atoms with van der Waals surface area (Å²) in [6.07, 6.45) is 1.65. The normalized spacial score (nSPS) is 18.5. The number of anilines is 1. The van der Waals surface area contributed by atoms with Gasteiger partial charge in [-0.3, -0.25) is 15.2 Å². The third-order valence-electron chi connectivity index (χ3n) is 3.75. The summed E-state index contributed by atoms with van der Waals surface area (Å²) in [6.45, 7) is 7.91. The molecule has 1 saturated heterocycles. The lowest BCUT2D eigenvalue weighted by molar-refractivity contribution is 0.252. The van der Waals surface area contributed by atoms with Crippen LogP contribution in [0.25, 0.3) is 0 Å². The molecule has 4 nitrogen and oxygen atoms in total. The molecule has 1 fully saturated rings. The van der Waals surface area contributed by atoms with Gasteiger partial charge in [-0.25, -0.2) is 4.79 Å². The third kappa shape index (κ3) is 3.63. The Balaban J connectivity index is 2.03. The van der Waals surface area contributed by atoms with Gasteiger partial charge >= 0.3 is 6.03 Å². The Morgan fingerprint density at radius 1 is 1.36 bits per heavy atom. The van der Waals surface area contributed by atoms with Crippen LogP contribution in [0, 0.1) is 0 Å². The zero-order valence-electron chi connectivity index (χ0n) is 13.2. The molecule has 0 radical (unpaired) electrons. The van der Waals surface area contributed by atoms with Crippen LogP contribution in [-0.4, -0.2) is 18.4 Å². The van der Waals surface area contributed by atoms with Gasteiger partial charge in [-0.1, -0.05) is 42.4 Å². The van der Waals surface area contributed by atoms with Crippen LogP contribution in [0.4, 0.5) is 10.5 Å². The number of hydrogen-bond acceptors (Lipinski definition) is 3. The predicted octanol–water partition coefficient (Wildman–Crippen LogP) is 5.47. The summed E-state index contributed by atoms with van der Waals surface area (Å²) in [6, 6.07) is 6.46. The number of amidine groups is 1. The molecule has 1 aliphatic heterocycles. The molecule has 1 aromatic carbocycles. The fourth-order valence-corrected chi connectivity index (χ4v) is 3.46. The maximum absolute atomic E-state index is 12.6. The maximum Gasteiger partial charge on any atom is 0.328 e. The molecule has 0 bridgehead atoms. The SMILES string of the molecule is C=CC(=C)CN=C1NC(=O)N(c2ccc(Cl)c(Cl)c2)C1c1ccsc1. The number of nitrogens with zero attached hydrogens (tertiary/aromatic N) is 2. The zero-order chi connectivity index (χ0) is 18.0. The molecule has 1 atom stereocenters. The largest absolute Gasteiger partial charge is 0.328 e. The fourth-order valence-electron chi connectivity index (χ4n) is 2.49. The smallest absolute Gasteiger partial charge is 0.294 e. The molecular weight excluding hydrogens is 377 g/mol. The second kappa shape index (κ2) is 7.44. The minimum absolute atomic E-state index is 0.266. The molecule has 25 heavy (non-hydrogen) atoms. The van der Waals surface area contributed by atoms with Crippen LogP contribution >= 0.6 is 34.5 Å². The van der Waals surface area contributed by atoms with Crippen molar-refractivity contribution < 1.29 is 4.79 Å². The van der Waals surface area contributed by atoms with E-state index in [-0.39, 0.29) is 12.1 Å². The molecule has 0 saturated carbocycles. The van der Waals surface area contributed by atoms with Crippen LogP contribution in [0.15, 0.2) is 64.8 Å². The van der Waals surface area contributed by atoms with Gasteiger partial charge in [0, 0.05) is 5.69 Å². The lowest BCUT2D eigenvalue weighted by atomic mass is 10.1. The van der Waals surface area contributed by atoms with E-state index in [0.717, 1.165) is 11.1 Å². The molecule has 128 valence electrons. The molecule has 1 aromatic heterocycles. The number of thiophene rings is 1. The zero-order valence-corrected chi connectivity index (χ0v) is 15.5. The molecule has 7 heteroatoms. The number of amides is 2. The lowest BCUT2D eigenvalue weighted by Gasteiger charge is -2.23. The molecule has 0 spiro atoms. The van der Waals surface area contributed by atoms with Gasteiger partial charge in [-0.15, -0.1) is 0 Å². The monoisotopic (exact) mass is 391 g/mol. The summed E-state index contributed by atoms with van der Waals surface area (Å²) in [5.41, 5.74) is 2.40. The minimum atomic E-state index is -0.353. The first kappa shape index (κ1) is 17.7. The predicted molar refractivity (Wildman–Crippen MR) is 106 cm³/mol. The van der Waals surface area contributed by atoms with Gasteiger partial charge in [0.25, 0.3) is 0 Å². The highest BCUT2D eigenvalue weighted by molar-refractivity contribution is 7.08. The quantitative estimate of drug-likeness (QED) is 0.674. The Morgan fingerprint density at radius 2 is 2.16 bits per heavy atom. The van der Waals surface area contributed by atoms with E-state index >= 15 is 0 Å². The van der Waals surface area contributed by atoms with E-state index in [4.69, 9.17) is 23.2 Å². The fraction of sp³-hybridized carbons (Fsp3) is 0.111. The first-order chi connectivity index (χ1) is 12.0. The molecule has 2 aromatic rings. The van der Waals surface area contributed by atoms with Gasteiger partial charge in [0.1, 0.15) is 11.9 Å². The van der Waals surface area contributed by atoms with E-state index < -0.39 is 0 Å². The van der Waals surface area contributed by atoms with Crippen molar-refractivity contribution in [3.63, 3.8) is 0 Å². The van der Waals surface area contributed by atoms with Crippen molar-refractivity contribution in [3.05, 3.63) is 75.4 Å². The van der Waals surface area contributed by atoms with Crippen molar-refractivity contribution in [2.75, 3.05) is 11.4 Å². The number of carbonyl (C=O) groups is 1. The number of rotatable bonds is 5. The Labute approximate surface area is 160 Å². The summed E-state index contributed by atoms with van der Waals surface area (Å²) in [5.74, 6) is 0.567. The van der Waals surface area contributed by atoms with E-state index in [2.05, 4.69) is 23.5 Å². The van der Waals surface area contributed by atoms with Crippen molar-refractivity contribution in [3.8, 4) is 0 Å². The highest BCUT2D eigenvalue weighted by Gasteiger charge is 2.39. The van der Waals surface area contributed by atoms with Gasteiger partial charge in [0.2, 0.25) is 0 Å². The Bertz CT molecular complexity index is 861. The van der Waals surface area contributed by atoms with E-state index in [1.54, 1.807) is 40.5 Å². The Morgan fingerprint density at radius 3 is 2.80 bits per heavy atom. The summed E-state index contributed by atoms with van der Waals surface area (Å²) in [7, 11) is 0. The topological polar surface area (TPSA) is 44.7 Å².